The summed E-state index contributed by atoms with van der Waals surface area (Å²) in [5.74, 6) is -6.60. The van der Waals surface area contributed by atoms with Crippen LogP contribution in [0.4, 0.5) is 22.0 Å². The largest absolute Gasteiger partial charge is 0.483 e. The van der Waals surface area contributed by atoms with E-state index in [1.165, 1.54) is 25.1 Å². The van der Waals surface area contributed by atoms with Gasteiger partial charge in [-0.25, -0.2) is 8.78 Å². The van der Waals surface area contributed by atoms with Crippen molar-refractivity contribution in [3.63, 3.8) is 0 Å². The van der Waals surface area contributed by atoms with E-state index in [4.69, 9.17) is 26.2 Å². The monoisotopic (exact) mass is 545 g/mol. The minimum atomic E-state index is -3.17. The van der Waals surface area contributed by atoms with Gasteiger partial charge in [0.25, 0.3) is 0 Å². The topological polar surface area (TPSA) is 68.2 Å². The number of nitrogens with zero attached hydrogens (tertiary/aromatic N) is 1. The molecule has 3 rings (SSSR count). The highest BCUT2D eigenvalue weighted by molar-refractivity contribution is 6.31. The second-order valence-electron chi connectivity index (χ2n) is 7.50. The molecule has 1 N–H and O–H groups in total. The first-order valence-corrected chi connectivity index (χ1v) is 10.6. The predicted octanol–water partition coefficient (Wildman–Crippen LogP) is 5.52. The van der Waals surface area contributed by atoms with Crippen LogP contribution < -0.4 is 9.47 Å². The Labute approximate surface area is 208 Å². The van der Waals surface area contributed by atoms with Gasteiger partial charge in [-0.05, 0) is 24.6 Å². The molecule has 0 bridgehead atoms. The second kappa shape index (κ2) is 12.6. The van der Waals surface area contributed by atoms with E-state index >= 15 is 8.78 Å². The third-order valence-corrected chi connectivity index (χ3v) is 5.68. The number of rotatable bonds is 9. The molecule has 1 aliphatic heterocycles. The summed E-state index contributed by atoms with van der Waals surface area (Å²) in [6, 6.07) is 3.86. The molecular weight excluding hydrogens is 524 g/mol. The lowest BCUT2D eigenvalue weighted by Crippen LogP contribution is -2.40. The normalized spacial score (nSPS) is 16.2. The summed E-state index contributed by atoms with van der Waals surface area (Å²) >= 11 is 5.98. The van der Waals surface area contributed by atoms with E-state index in [9.17, 15) is 18.0 Å². The van der Waals surface area contributed by atoms with Gasteiger partial charge in [0, 0.05) is 25.2 Å². The summed E-state index contributed by atoms with van der Waals surface area (Å²) in [6.07, 6.45) is -1.18. The number of benzene rings is 2. The van der Waals surface area contributed by atoms with Gasteiger partial charge >= 0.3 is 12.6 Å². The van der Waals surface area contributed by atoms with Crippen LogP contribution in [-0.4, -0.2) is 48.8 Å². The molecule has 6 nitrogen and oxygen atoms in total. The van der Waals surface area contributed by atoms with Crippen molar-refractivity contribution >= 4 is 30.0 Å². The van der Waals surface area contributed by atoms with E-state index in [1.54, 1.807) is 4.90 Å². The Kier molecular flexibility index (Phi) is 10.4. The molecule has 13 heteroatoms. The van der Waals surface area contributed by atoms with Crippen LogP contribution >= 0.6 is 24.0 Å². The van der Waals surface area contributed by atoms with Crippen LogP contribution in [0.1, 0.15) is 29.2 Å². The van der Waals surface area contributed by atoms with Crippen molar-refractivity contribution in [1.29, 1.82) is 0 Å². The van der Waals surface area contributed by atoms with E-state index in [2.05, 4.69) is 4.74 Å². The molecule has 0 amide bonds. The lowest BCUT2D eigenvalue weighted by molar-refractivity contribution is -0.137. The van der Waals surface area contributed by atoms with Gasteiger partial charge in [0.1, 0.15) is 12.4 Å². The van der Waals surface area contributed by atoms with E-state index < -0.39 is 48.5 Å². The van der Waals surface area contributed by atoms with Crippen molar-refractivity contribution < 1.29 is 46.1 Å². The molecule has 1 atom stereocenters. The lowest BCUT2D eigenvalue weighted by Gasteiger charge is -2.33. The van der Waals surface area contributed by atoms with Crippen LogP contribution in [0.15, 0.2) is 18.2 Å². The summed E-state index contributed by atoms with van der Waals surface area (Å²) in [5, 5.41) is 8.79. The van der Waals surface area contributed by atoms with Crippen LogP contribution in [0.3, 0.4) is 0 Å². The van der Waals surface area contributed by atoms with E-state index in [1.807, 2.05) is 0 Å². The molecule has 1 heterocycles. The SMILES string of the molecule is Cc1c(F)c(OCc2c(Cl)cccc2OC(F)F)c(F)c(F)c1C1CN(CCC(=O)O)CCO1.Cl. The number of morpholine rings is 1. The first-order valence-electron chi connectivity index (χ1n) is 10.2. The minimum Gasteiger partial charge on any atom is -0.483 e. The number of carbonyl (C=O) groups is 1. The minimum absolute atomic E-state index is 0. The predicted molar refractivity (Wildman–Crippen MR) is 118 cm³/mol. The van der Waals surface area contributed by atoms with Gasteiger partial charge in [-0.1, -0.05) is 17.7 Å². The molecule has 194 valence electrons. The molecule has 1 fully saturated rings. The Bertz CT molecular complexity index is 1030. The summed E-state index contributed by atoms with van der Waals surface area (Å²) in [5.41, 5.74) is -0.709. The van der Waals surface area contributed by atoms with Crippen LogP contribution in [0.5, 0.6) is 11.5 Å². The van der Waals surface area contributed by atoms with E-state index in [0.717, 1.165) is 0 Å². The number of halogens is 7. The van der Waals surface area contributed by atoms with Crippen LogP contribution in [-0.2, 0) is 16.1 Å². The van der Waals surface area contributed by atoms with Gasteiger partial charge in [-0.3, -0.25) is 9.69 Å². The molecule has 0 aliphatic carbocycles. The van der Waals surface area contributed by atoms with Gasteiger partial charge in [0.05, 0.1) is 29.7 Å². The molecular formula is C22H22Cl2F5NO5. The zero-order valence-electron chi connectivity index (χ0n) is 18.3. The third-order valence-electron chi connectivity index (χ3n) is 5.33. The maximum absolute atomic E-state index is 15.1. The smallest absolute Gasteiger partial charge is 0.387 e. The standard InChI is InChI=1S/C22H21ClF5NO5.ClH/c1-11-17(15-9-29(7-8-32-15)6-5-16(30)31)19(25)20(26)21(18(11)24)33-10-12-13(23)3-2-4-14(12)34-22(27)28;/h2-4,15,22H,5-10H2,1H3,(H,30,31);1H. The molecule has 2 aromatic carbocycles. The first kappa shape index (κ1) is 28.9. The Morgan fingerprint density at radius 2 is 1.97 bits per heavy atom. The Morgan fingerprint density at radius 3 is 2.63 bits per heavy atom. The average molecular weight is 546 g/mol. The van der Waals surface area contributed by atoms with Crippen molar-refractivity contribution in [1.82, 2.24) is 4.90 Å². The van der Waals surface area contributed by atoms with Crippen LogP contribution in [0.25, 0.3) is 0 Å². The van der Waals surface area contributed by atoms with E-state index in [-0.39, 0.29) is 66.0 Å². The van der Waals surface area contributed by atoms with Crippen molar-refractivity contribution in [2.24, 2.45) is 0 Å². The zero-order chi connectivity index (χ0) is 25.0. The van der Waals surface area contributed by atoms with Gasteiger partial charge in [0.2, 0.25) is 5.82 Å². The Hall–Kier alpha value is -2.34. The van der Waals surface area contributed by atoms with Gasteiger partial charge in [-0.2, -0.15) is 13.2 Å². The van der Waals surface area contributed by atoms with Gasteiger partial charge < -0.3 is 19.3 Å². The number of ether oxygens (including phenoxy) is 3. The number of carboxylic acids is 1. The number of carboxylic acid groups (broad SMARTS) is 1. The summed E-state index contributed by atoms with van der Waals surface area (Å²) in [7, 11) is 0. The molecule has 0 spiro atoms. The number of alkyl halides is 2. The highest BCUT2D eigenvalue weighted by Crippen LogP contribution is 2.37. The molecule has 35 heavy (non-hydrogen) atoms. The molecule has 2 aromatic rings. The van der Waals surface area contributed by atoms with E-state index in [0.29, 0.717) is 6.54 Å². The number of aliphatic carboxylic acids is 1. The first-order chi connectivity index (χ1) is 16.1. The average Bonchev–Trinajstić information content (AvgIpc) is 2.78. The summed E-state index contributed by atoms with van der Waals surface area (Å²) in [6.45, 7) is -1.91. The molecule has 1 aliphatic rings. The Morgan fingerprint density at radius 1 is 1.26 bits per heavy atom. The fraction of sp³-hybridized carbons (Fsp3) is 0.409. The van der Waals surface area contributed by atoms with Crippen LogP contribution in [0, 0.1) is 24.4 Å². The van der Waals surface area contributed by atoms with Gasteiger partial charge in [-0.15, -0.1) is 12.4 Å². The molecule has 0 radical (unpaired) electrons. The van der Waals surface area contributed by atoms with Crippen molar-refractivity contribution in [3.05, 3.63) is 57.4 Å². The number of hydrogen-bond donors (Lipinski definition) is 1. The molecule has 0 saturated carbocycles. The quantitative estimate of drug-likeness (QED) is 0.330. The lowest BCUT2D eigenvalue weighted by atomic mass is 9.99. The third kappa shape index (κ3) is 6.87. The highest BCUT2D eigenvalue weighted by atomic mass is 35.5. The van der Waals surface area contributed by atoms with Crippen LogP contribution in [0.2, 0.25) is 5.02 Å². The zero-order valence-corrected chi connectivity index (χ0v) is 19.9. The maximum atomic E-state index is 15.1. The molecule has 1 saturated heterocycles. The highest BCUT2D eigenvalue weighted by Gasteiger charge is 2.32. The van der Waals surface area contributed by atoms with Crippen molar-refractivity contribution in [2.75, 3.05) is 26.2 Å². The number of hydrogen-bond acceptors (Lipinski definition) is 5. The Balaban J connectivity index is 0.00000432. The fourth-order valence-electron chi connectivity index (χ4n) is 3.64. The molecule has 1 unspecified atom stereocenters. The van der Waals surface area contributed by atoms with Crippen molar-refractivity contribution in [3.8, 4) is 11.5 Å². The fourth-order valence-corrected chi connectivity index (χ4v) is 3.86. The van der Waals surface area contributed by atoms with Gasteiger partial charge in [0.15, 0.2) is 17.4 Å². The van der Waals surface area contributed by atoms with Crippen molar-refractivity contribution in [2.45, 2.75) is 32.7 Å². The maximum Gasteiger partial charge on any atom is 0.387 e. The second-order valence-corrected chi connectivity index (χ2v) is 7.90. The summed E-state index contributed by atoms with van der Waals surface area (Å²) in [4.78, 5) is 12.5. The molecule has 0 aromatic heterocycles. The summed E-state index contributed by atoms with van der Waals surface area (Å²) < 4.78 is 85.2.